The van der Waals surface area contributed by atoms with Crippen LogP contribution in [0.15, 0.2) is 29.3 Å². The molecule has 0 bridgehead atoms. The number of ether oxygens (including phenoxy) is 2. The first kappa shape index (κ1) is 20.2. The number of nitrogens with zero attached hydrogens (tertiary/aromatic N) is 2. The first-order valence-corrected chi connectivity index (χ1v) is 10.1. The number of thioether (sulfide) groups is 1. The van der Waals surface area contributed by atoms with Crippen molar-refractivity contribution in [3.63, 3.8) is 0 Å². The van der Waals surface area contributed by atoms with Crippen LogP contribution < -0.4 is 10.1 Å². The van der Waals surface area contributed by atoms with Gasteiger partial charge in [0.1, 0.15) is 12.4 Å². The van der Waals surface area contributed by atoms with Crippen LogP contribution in [0.25, 0.3) is 0 Å². The maximum absolute atomic E-state index is 5.97. The molecule has 1 N–H and O–H groups in total. The molecule has 1 heterocycles. The summed E-state index contributed by atoms with van der Waals surface area (Å²) >= 11 is 7.89. The van der Waals surface area contributed by atoms with E-state index in [2.05, 4.69) is 21.5 Å². The lowest BCUT2D eigenvalue weighted by molar-refractivity contribution is 0.0781. The molecule has 1 aliphatic rings. The van der Waals surface area contributed by atoms with Crippen molar-refractivity contribution < 1.29 is 9.47 Å². The van der Waals surface area contributed by atoms with E-state index in [4.69, 9.17) is 21.1 Å². The molecular formula is C18H28ClN3O2S. The average Bonchev–Trinajstić information content (AvgIpc) is 2.63. The molecule has 1 fully saturated rings. The van der Waals surface area contributed by atoms with E-state index in [1.165, 1.54) is 0 Å². The summed E-state index contributed by atoms with van der Waals surface area (Å²) in [6.07, 6.45) is 4.32. The van der Waals surface area contributed by atoms with Crippen LogP contribution in [0.4, 0.5) is 0 Å². The highest BCUT2D eigenvalue weighted by atomic mass is 35.5. The molecule has 5 nitrogen and oxygen atoms in total. The van der Waals surface area contributed by atoms with E-state index in [0.29, 0.717) is 11.6 Å². The minimum Gasteiger partial charge on any atom is -0.492 e. The number of nitrogens with one attached hydrogen (secondary N) is 1. The zero-order chi connectivity index (χ0) is 18.1. The van der Waals surface area contributed by atoms with Crippen molar-refractivity contribution in [1.82, 2.24) is 10.2 Å². The third kappa shape index (κ3) is 6.28. The molecule has 1 saturated heterocycles. The summed E-state index contributed by atoms with van der Waals surface area (Å²) in [6.45, 7) is 3.87. The van der Waals surface area contributed by atoms with Crippen LogP contribution in [-0.2, 0) is 4.74 Å². The third-order valence-corrected chi connectivity index (χ3v) is 6.12. The molecule has 0 spiro atoms. The summed E-state index contributed by atoms with van der Waals surface area (Å²) < 4.78 is 11.5. The monoisotopic (exact) mass is 385 g/mol. The molecule has 0 saturated carbocycles. The van der Waals surface area contributed by atoms with Gasteiger partial charge >= 0.3 is 0 Å². The largest absolute Gasteiger partial charge is 0.492 e. The van der Waals surface area contributed by atoms with Crippen molar-refractivity contribution in [1.29, 1.82) is 0 Å². The summed E-state index contributed by atoms with van der Waals surface area (Å²) in [6, 6.07) is 7.45. The number of hydrogen-bond donors (Lipinski definition) is 1. The van der Waals surface area contributed by atoms with Gasteiger partial charge in [-0.1, -0.05) is 17.7 Å². The maximum atomic E-state index is 5.97. The van der Waals surface area contributed by atoms with E-state index in [-0.39, 0.29) is 4.75 Å². The number of halogens is 1. The summed E-state index contributed by atoms with van der Waals surface area (Å²) in [4.78, 5) is 6.47. The van der Waals surface area contributed by atoms with Gasteiger partial charge in [0.2, 0.25) is 0 Å². The first-order chi connectivity index (χ1) is 12.1. The second kappa shape index (κ2) is 10.1. The topological polar surface area (TPSA) is 46.1 Å². The molecule has 7 heteroatoms. The van der Waals surface area contributed by atoms with Crippen molar-refractivity contribution in [2.24, 2.45) is 4.99 Å². The van der Waals surface area contributed by atoms with Crippen molar-refractivity contribution in [2.75, 3.05) is 53.3 Å². The minimum atomic E-state index is 0.228. The normalized spacial score (nSPS) is 17.2. The summed E-state index contributed by atoms with van der Waals surface area (Å²) in [7, 11) is 3.83. The van der Waals surface area contributed by atoms with Gasteiger partial charge in [-0.2, -0.15) is 11.8 Å². The van der Waals surface area contributed by atoms with Gasteiger partial charge in [0.25, 0.3) is 0 Å². The molecule has 0 aromatic heterocycles. The lowest BCUT2D eigenvalue weighted by atomic mass is 9.99. The average molecular weight is 386 g/mol. The fraction of sp³-hybridized carbons (Fsp3) is 0.611. The van der Waals surface area contributed by atoms with Crippen molar-refractivity contribution in [2.45, 2.75) is 17.6 Å². The number of guanidine groups is 1. The number of aliphatic imine (C=N–C) groups is 1. The predicted molar refractivity (Wildman–Crippen MR) is 107 cm³/mol. The molecule has 0 amide bonds. The minimum absolute atomic E-state index is 0.228. The third-order valence-electron chi connectivity index (χ3n) is 4.47. The number of benzene rings is 1. The van der Waals surface area contributed by atoms with E-state index in [0.717, 1.165) is 50.9 Å². The smallest absolute Gasteiger partial charge is 0.193 e. The Morgan fingerprint density at radius 3 is 2.84 bits per heavy atom. The van der Waals surface area contributed by atoms with E-state index >= 15 is 0 Å². The summed E-state index contributed by atoms with van der Waals surface area (Å²) in [5.41, 5.74) is 0. The molecule has 25 heavy (non-hydrogen) atoms. The Bertz CT molecular complexity index is 565. The van der Waals surface area contributed by atoms with Crippen LogP contribution in [0, 0.1) is 0 Å². The molecular weight excluding hydrogens is 358 g/mol. The van der Waals surface area contributed by atoms with Gasteiger partial charge in [-0.25, -0.2) is 0 Å². The number of likely N-dealkylation sites (N-methyl/N-ethyl adjacent to an activating group) is 1. The first-order valence-electron chi connectivity index (χ1n) is 8.51. The number of hydrogen-bond acceptors (Lipinski definition) is 4. The molecule has 0 radical (unpaired) electrons. The van der Waals surface area contributed by atoms with Crippen molar-refractivity contribution in [3.8, 4) is 5.75 Å². The molecule has 0 atom stereocenters. The van der Waals surface area contributed by atoms with E-state index < -0.39 is 0 Å². The Morgan fingerprint density at radius 2 is 2.20 bits per heavy atom. The fourth-order valence-corrected chi connectivity index (χ4v) is 3.76. The molecule has 1 aromatic rings. The summed E-state index contributed by atoms with van der Waals surface area (Å²) in [5.74, 6) is 1.67. The highest BCUT2D eigenvalue weighted by Crippen LogP contribution is 2.33. The van der Waals surface area contributed by atoms with Gasteiger partial charge in [-0.15, -0.1) is 0 Å². The van der Waals surface area contributed by atoms with Crippen LogP contribution in [0.2, 0.25) is 5.02 Å². The van der Waals surface area contributed by atoms with Crippen LogP contribution >= 0.6 is 23.4 Å². The fourth-order valence-electron chi connectivity index (χ4n) is 2.78. The van der Waals surface area contributed by atoms with Crippen LogP contribution in [-0.4, -0.2) is 68.9 Å². The zero-order valence-corrected chi connectivity index (χ0v) is 16.8. The second-order valence-corrected chi connectivity index (χ2v) is 7.84. The van der Waals surface area contributed by atoms with Gasteiger partial charge in [-0.05, 0) is 37.3 Å². The number of rotatable bonds is 7. The van der Waals surface area contributed by atoms with E-state index in [1.54, 1.807) is 0 Å². The second-order valence-electron chi connectivity index (χ2n) is 6.13. The maximum Gasteiger partial charge on any atom is 0.193 e. The van der Waals surface area contributed by atoms with Gasteiger partial charge in [-0.3, -0.25) is 4.99 Å². The lowest BCUT2D eigenvalue weighted by Crippen LogP contribution is -2.48. The molecule has 0 unspecified atom stereocenters. The van der Waals surface area contributed by atoms with Crippen molar-refractivity contribution in [3.05, 3.63) is 29.3 Å². The van der Waals surface area contributed by atoms with Crippen LogP contribution in [0.1, 0.15) is 12.8 Å². The van der Waals surface area contributed by atoms with Gasteiger partial charge < -0.3 is 19.7 Å². The Kier molecular flexibility index (Phi) is 8.19. The Labute approximate surface area is 160 Å². The quantitative estimate of drug-likeness (QED) is 0.577. The van der Waals surface area contributed by atoms with Gasteiger partial charge in [0.05, 0.1) is 6.54 Å². The van der Waals surface area contributed by atoms with E-state index in [1.807, 2.05) is 50.1 Å². The Balaban J connectivity index is 1.79. The van der Waals surface area contributed by atoms with Gasteiger partial charge in [0.15, 0.2) is 5.96 Å². The van der Waals surface area contributed by atoms with Gasteiger partial charge in [0, 0.05) is 43.6 Å². The molecule has 140 valence electrons. The van der Waals surface area contributed by atoms with Crippen LogP contribution in [0.3, 0.4) is 0 Å². The van der Waals surface area contributed by atoms with E-state index in [9.17, 15) is 0 Å². The highest BCUT2D eigenvalue weighted by molar-refractivity contribution is 8.00. The highest BCUT2D eigenvalue weighted by Gasteiger charge is 2.32. The lowest BCUT2D eigenvalue weighted by Gasteiger charge is -2.36. The summed E-state index contributed by atoms with van der Waals surface area (Å²) in [5, 5.41) is 4.19. The molecule has 1 aromatic carbocycles. The zero-order valence-electron chi connectivity index (χ0n) is 15.3. The molecule has 0 aliphatic carbocycles. The molecule has 2 rings (SSSR count). The Hall–Kier alpha value is -1.11. The molecule has 1 aliphatic heterocycles. The van der Waals surface area contributed by atoms with Crippen LogP contribution in [0.5, 0.6) is 5.75 Å². The van der Waals surface area contributed by atoms with Crippen molar-refractivity contribution >= 4 is 29.3 Å². The predicted octanol–water partition coefficient (Wildman–Crippen LogP) is 3.14. The SMILES string of the molecule is CN=C(NCC1(SC)CCOCC1)N(C)CCOc1cccc(Cl)c1. The standard InChI is InChI=1S/C18H28ClN3O2S/c1-20-17(21-14-18(25-3)7-10-23-11-8-18)22(2)9-12-24-16-6-4-5-15(19)13-16/h4-6,13H,7-12,14H2,1-3H3,(H,20,21). The Morgan fingerprint density at radius 1 is 1.44 bits per heavy atom.